The number of nitrogens with zero attached hydrogens (tertiary/aromatic N) is 2. The maximum Gasteiger partial charge on any atom is 0.344 e. The second-order valence-corrected chi connectivity index (χ2v) is 7.80. The fraction of sp³-hybridized carbons (Fsp3) is 0.360. The number of rotatable bonds is 7. The maximum absolute atomic E-state index is 12.6. The van der Waals surface area contributed by atoms with Crippen LogP contribution in [0.2, 0.25) is 0 Å². The van der Waals surface area contributed by atoms with Crippen molar-refractivity contribution in [1.82, 2.24) is 10.2 Å². The molecule has 4 rings (SSSR count). The van der Waals surface area contributed by atoms with E-state index in [0.29, 0.717) is 5.82 Å². The second kappa shape index (κ2) is 9.85. The molecule has 3 aromatic rings. The van der Waals surface area contributed by atoms with Crippen molar-refractivity contribution in [2.75, 3.05) is 18.5 Å². The predicted molar refractivity (Wildman–Crippen MR) is 123 cm³/mol. The normalized spacial score (nSPS) is 12.7. The van der Waals surface area contributed by atoms with Gasteiger partial charge >= 0.3 is 11.9 Å². The van der Waals surface area contributed by atoms with E-state index in [1.54, 1.807) is 26.8 Å². The van der Waals surface area contributed by atoms with Gasteiger partial charge in [0.15, 0.2) is 5.82 Å². The summed E-state index contributed by atoms with van der Waals surface area (Å²) in [7, 11) is 0. The van der Waals surface area contributed by atoms with Gasteiger partial charge in [-0.05, 0) is 75.8 Å². The summed E-state index contributed by atoms with van der Waals surface area (Å²) < 4.78 is 15.9. The second-order valence-electron chi connectivity index (χ2n) is 7.80. The first-order chi connectivity index (χ1) is 16.0. The molecule has 1 aromatic carbocycles. The fourth-order valence-corrected chi connectivity index (χ4v) is 4.04. The van der Waals surface area contributed by atoms with Crippen LogP contribution in [0.3, 0.4) is 0 Å². The molecular weight excluding hydrogens is 422 g/mol. The van der Waals surface area contributed by atoms with Crippen molar-refractivity contribution in [2.45, 2.75) is 46.5 Å². The molecule has 0 bridgehead atoms. The third-order valence-electron chi connectivity index (χ3n) is 5.59. The molecular formula is C25H27N3O5. The number of esters is 2. The molecule has 0 unspecified atom stereocenters. The minimum Gasteiger partial charge on any atom is -0.462 e. The average molecular weight is 450 g/mol. The molecule has 0 amide bonds. The number of hydrogen-bond acceptors (Lipinski definition) is 8. The SMILES string of the molecule is CCOC(=O)c1c(C)oc(Nc2ccc(-c3ccc4c(c3)CCCC4)nn2)c1C(=O)OCC. The van der Waals surface area contributed by atoms with E-state index >= 15 is 0 Å². The van der Waals surface area contributed by atoms with Crippen LogP contribution in [0, 0.1) is 6.92 Å². The molecule has 1 N–H and O–H groups in total. The van der Waals surface area contributed by atoms with Gasteiger partial charge in [0, 0.05) is 5.56 Å². The molecule has 0 fully saturated rings. The number of benzene rings is 1. The van der Waals surface area contributed by atoms with Gasteiger partial charge in [0.1, 0.15) is 16.9 Å². The van der Waals surface area contributed by atoms with Gasteiger partial charge in [-0.25, -0.2) is 9.59 Å². The largest absolute Gasteiger partial charge is 0.462 e. The summed E-state index contributed by atoms with van der Waals surface area (Å²) in [5, 5.41) is 11.5. The zero-order chi connectivity index (χ0) is 23.4. The van der Waals surface area contributed by atoms with Gasteiger partial charge in [-0.3, -0.25) is 0 Å². The molecule has 1 aliphatic carbocycles. The Labute approximate surface area is 192 Å². The Balaban J connectivity index is 1.61. The third kappa shape index (κ3) is 4.74. The van der Waals surface area contributed by atoms with Crippen molar-refractivity contribution >= 4 is 23.6 Å². The van der Waals surface area contributed by atoms with Crippen LogP contribution in [0.1, 0.15) is 64.3 Å². The molecule has 1 aliphatic rings. The Morgan fingerprint density at radius 1 is 0.939 bits per heavy atom. The van der Waals surface area contributed by atoms with Crippen LogP contribution in [0.25, 0.3) is 11.3 Å². The topological polar surface area (TPSA) is 104 Å². The lowest BCUT2D eigenvalue weighted by Crippen LogP contribution is -2.14. The smallest absolute Gasteiger partial charge is 0.344 e. The summed E-state index contributed by atoms with van der Waals surface area (Å²) >= 11 is 0. The number of ether oxygens (including phenoxy) is 2. The quantitative estimate of drug-likeness (QED) is 0.502. The van der Waals surface area contributed by atoms with Crippen LogP contribution in [0.5, 0.6) is 0 Å². The molecule has 8 nitrogen and oxygen atoms in total. The van der Waals surface area contributed by atoms with E-state index in [9.17, 15) is 9.59 Å². The summed E-state index contributed by atoms with van der Waals surface area (Å²) in [6.07, 6.45) is 4.67. The van der Waals surface area contributed by atoms with E-state index in [0.717, 1.165) is 24.1 Å². The first-order valence-electron chi connectivity index (χ1n) is 11.2. The molecule has 33 heavy (non-hydrogen) atoms. The van der Waals surface area contributed by atoms with Crippen LogP contribution < -0.4 is 5.32 Å². The Bertz CT molecular complexity index is 1170. The number of furan rings is 1. The lowest BCUT2D eigenvalue weighted by Gasteiger charge is -2.16. The number of anilines is 2. The number of fused-ring (bicyclic) bond motifs is 1. The summed E-state index contributed by atoms with van der Waals surface area (Å²) in [5.41, 5.74) is 4.57. The Hall–Kier alpha value is -3.68. The van der Waals surface area contributed by atoms with Gasteiger partial charge in [0.2, 0.25) is 5.88 Å². The highest BCUT2D eigenvalue weighted by Gasteiger charge is 2.31. The summed E-state index contributed by atoms with van der Waals surface area (Å²) in [6.45, 7) is 5.29. The van der Waals surface area contributed by atoms with Crippen molar-refractivity contribution in [3.63, 3.8) is 0 Å². The van der Waals surface area contributed by atoms with Gasteiger partial charge in [0.05, 0.1) is 18.9 Å². The van der Waals surface area contributed by atoms with Gasteiger partial charge in [-0.2, -0.15) is 0 Å². The maximum atomic E-state index is 12.6. The molecule has 2 aromatic heterocycles. The van der Waals surface area contributed by atoms with Crippen LogP contribution in [-0.2, 0) is 22.3 Å². The van der Waals surface area contributed by atoms with Gasteiger partial charge in [0.25, 0.3) is 0 Å². The highest BCUT2D eigenvalue weighted by atomic mass is 16.5. The Kier molecular flexibility index (Phi) is 6.72. The zero-order valence-electron chi connectivity index (χ0n) is 19.1. The van der Waals surface area contributed by atoms with Crippen molar-refractivity contribution < 1.29 is 23.5 Å². The van der Waals surface area contributed by atoms with E-state index in [1.165, 1.54) is 24.0 Å². The third-order valence-corrected chi connectivity index (χ3v) is 5.59. The zero-order valence-corrected chi connectivity index (χ0v) is 19.1. The monoisotopic (exact) mass is 449 g/mol. The number of nitrogens with one attached hydrogen (secondary N) is 1. The summed E-state index contributed by atoms with van der Waals surface area (Å²) in [6, 6.07) is 10.0. The van der Waals surface area contributed by atoms with Crippen molar-refractivity contribution in [1.29, 1.82) is 0 Å². The molecule has 172 valence electrons. The Morgan fingerprint density at radius 2 is 1.64 bits per heavy atom. The van der Waals surface area contributed by atoms with E-state index in [1.807, 2.05) is 6.07 Å². The highest BCUT2D eigenvalue weighted by molar-refractivity contribution is 6.07. The first kappa shape index (κ1) is 22.5. The summed E-state index contributed by atoms with van der Waals surface area (Å²) in [4.78, 5) is 25.0. The lowest BCUT2D eigenvalue weighted by molar-refractivity contribution is 0.0480. The number of aryl methyl sites for hydroxylation is 3. The van der Waals surface area contributed by atoms with Crippen LogP contribution in [0.15, 0.2) is 34.7 Å². The molecule has 0 saturated carbocycles. The van der Waals surface area contributed by atoms with Crippen molar-refractivity contribution in [3.05, 3.63) is 58.3 Å². The van der Waals surface area contributed by atoms with E-state index in [2.05, 4.69) is 33.7 Å². The predicted octanol–water partition coefficient (Wildman–Crippen LogP) is 5.02. The van der Waals surface area contributed by atoms with E-state index in [-0.39, 0.29) is 36.0 Å². The van der Waals surface area contributed by atoms with Crippen molar-refractivity contribution in [3.8, 4) is 11.3 Å². The van der Waals surface area contributed by atoms with Crippen molar-refractivity contribution in [2.24, 2.45) is 0 Å². The van der Waals surface area contributed by atoms with Gasteiger partial charge in [-0.15, -0.1) is 10.2 Å². The minimum atomic E-state index is -0.682. The minimum absolute atomic E-state index is 0.0200. The standard InChI is InChI=1S/C25H27N3O5/c1-4-31-24(29)21-15(3)33-23(22(21)25(30)32-5-2)26-20-13-12-19(27-28-20)18-11-10-16-8-6-7-9-17(16)14-18/h10-14H,4-9H2,1-3H3,(H,26,28). The summed E-state index contributed by atoms with van der Waals surface area (Å²) in [5.74, 6) is -0.656. The van der Waals surface area contributed by atoms with Crippen LogP contribution >= 0.6 is 0 Å². The number of carbonyl (C=O) groups excluding carboxylic acids is 2. The average Bonchev–Trinajstić information content (AvgIpc) is 3.15. The van der Waals surface area contributed by atoms with Crippen LogP contribution in [-0.4, -0.2) is 35.3 Å². The molecule has 0 saturated heterocycles. The molecule has 0 spiro atoms. The lowest BCUT2D eigenvalue weighted by atomic mass is 9.90. The highest BCUT2D eigenvalue weighted by Crippen LogP contribution is 2.31. The van der Waals surface area contributed by atoms with E-state index < -0.39 is 11.9 Å². The van der Waals surface area contributed by atoms with Gasteiger partial charge in [-0.1, -0.05) is 12.1 Å². The van der Waals surface area contributed by atoms with Crippen LogP contribution in [0.4, 0.5) is 11.7 Å². The van der Waals surface area contributed by atoms with E-state index in [4.69, 9.17) is 13.9 Å². The molecule has 2 heterocycles. The van der Waals surface area contributed by atoms with Gasteiger partial charge < -0.3 is 19.2 Å². The fourth-order valence-electron chi connectivity index (χ4n) is 4.04. The molecule has 0 atom stereocenters. The number of hydrogen-bond donors (Lipinski definition) is 1. The first-order valence-corrected chi connectivity index (χ1v) is 11.2. The molecule has 0 radical (unpaired) electrons. The molecule has 0 aliphatic heterocycles. The molecule has 8 heteroatoms. The Morgan fingerprint density at radius 3 is 2.30 bits per heavy atom. The number of aromatic nitrogens is 2. The number of carbonyl (C=O) groups is 2.